The van der Waals surface area contributed by atoms with Crippen LogP contribution in [0.15, 0.2) is 47.4 Å². The van der Waals surface area contributed by atoms with Crippen LogP contribution in [0.3, 0.4) is 0 Å². The standard InChI is InChI=1S/C19H20Cl2N2O4S/c20-16-5-4-6-17(19(16)21)22-18(24)13-27-14-7-9-15(10-8-14)28(25,26)23-11-2-1-3-12-23/h4-10H,1-3,11-13H2,(H,22,24). The summed E-state index contributed by atoms with van der Waals surface area (Å²) < 4.78 is 32.2. The maximum Gasteiger partial charge on any atom is 0.262 e. The Morgan fingerprint density at radius 2 is 1.71 bits per heavy atom. The second-order valence-electron chi connectivity index (χ2n) is 6.37. The second-order valence-corrected chi connectivity index (χ2v) is 9.10. The van der Waals surface area contributed by atoms with Gasteiger partial charge in [0.05, 0.1) is 20.6 Å². The van der Waals surface area contributed by atoms with Crippen LogP contribution in [-0.4, -0.2) is 38.3 Å². The number of hydrogen-bond donors (Lipinski definition) is 1. The van der Waals surface area contributed by atoms with E-state index in [-0.39, 0.29) is 16.5 Å². The molecule has 0 bridgehead atoms. The van der Waals surface area contributed by atoms with Gasteiger partial charge in [0, 0.05) is 13.1 Å². The lowest BCUT2D eigenvalue weighted by molar-refractivity contribution is -0.118. The van der Waals surface area contributed by atoms with Crippen molar-refractivity contribution >= 4 is 44.8 Å². The molecule has 9 heteroatoms. The molecule has 1 heterocycles. The number of amides is 1. The number of nitrogens with zero attached hydrogens (tertiary/aromatic N) is 1. The molecule has 28 heavy (non-hydrogen) atoms. The van der Waals surface area contributed by atoms with E-state index >= 15 is 0 Å². The highest BCUT2D eigenvalue weighted by Gasteiger charge is 2.25. The fourth-order valence-corrected chi connectivity index (χ4v) is 4.76. The Bertz CT molecular complexity index is 943. The molecule has 1 fully saturated rings. The Hall–Kier alpha value is -1.80. The third-order valence-electron chi connectivity index (χ3n) is 4.37. The van der Waals surface area contributed by atoms with E-state index in [0.717, 1.165) is 19.3 Å². The second kappa shape index (κ2) is 9.13. The summed E-state index contributed by atoms with van der Waals surface area (Å²) in [6, 6.07) is 11.0. The molecule has 0 aliphatic carbocycles. The van der Waals surface area contributed by atoms with Gasteiger partial charge in [-0.3, -0.25) is 4.79 Å². The maximum atomic E-state index is 12.6. The number of rotatable bonds is 6. The summed E-state index contributed by atoms with van der Waals surface area (Å²) in [7, 11) is -3.49. The first-order valence-corrected chi connectivity index (χ1v) is 11.0. The maximum absolute atomic E-state index is 12.6. The summed E-state index contributed by atoms with van der Waals surface area (Å²) in [5, 5.41) is 3.21. The van der Waals surface area contributed by atoms with Crippen LogP contribution in [-0.2, 0) is 14.8 Å². The van der Waals surface area contributed by atoms with Crippen molar-refractivity contribution in [1.82, 2.24) is 4.31 Å². The molecule has 0 atom stereocenters. The Labute approximate surface area is 174 Å². The zero-order chi connectivity index (χ0) is 20.1. The quantitative estimate of drug-likeness (QED) is 0.727. The summed E-state index contributed by atoms with van der Waals surface area (Å²) in [6.07, 6.45) is 2.82. The largest absolute Gasteiger partial charge is 0.484 e. The minimum absolute atomic E-state index is 0.219. The van der Waals surface area contributed by atoms with Crippen molar-refractivity contribution in [3.63, 3.8) is 0 Å². The van der Waals surface area contributed by atoms with Crippen molar-refractivity contribution in [2.24, 2.45) is 0 Å². The smallest absolute Gasteiger partial charge is 0.262 e. The predicted octanol–water partition coefficient (Wildman–Crippen LogP) is 4.19. The molecule has 2 aromatic carbocycles. The van der Waals surface area contributed by atoms with Crippen molar-refractivity contribution in [1.29, 1.82) is 0 Å². The molecule has 150 valence electrons. The number of piperidine rings is 1. The number of nitrogens with one attached hydrogen (secondary N) is 1. The van der Waals surface area contributed by atoms with Crippen LogP contribution in [0.4, 0.5) is 5.69 Å². The molecule has 3 rings (SSSR count). The topological polar surface area (TPSA) is 75.7 Å². The zero-order valence-corrected chi connectivity index (χ0v) is 17.4. The summed E-state index contributed by atoms with van der Waals surface area (Å²) >= 11 is 11.9. The van der Waals surface area contributed by atoms with Gasteiger partial charge >= 0.3 is 0 Å². The number of carbonyl (C=O) groups is 1. The number of carbonyl (C=O) groups excluding carboxylic acids is 1. The minimum Gasteiger partial charge on any atom is -0.484 e. The normalized spacial score (nSPS) is 15.2. The first-order valence-electron chi connectivity index (χ1n) is 8.85. The van der Waals surface area contributed by atoms with E-state index in [0.29, 0.717) is 29.5 Å². The van der Waals surface area contributed by atoms with Crippen LogP contribution in [0.1, 0.15) is 19.3 Å². The van der Waals surface area contributed by atoms with Crippen LogP contribution in [0.5, 0.6) is 5.75 Å². The Morgan fingerprint density at radius 1 is 1.04 bits per heavy atom. The first-order chi connectivity index (χ1) is 13.4. The molecule has 1 N–H and O–H groups in total. The van der Waals surface area contributed by atoms with Gasteiger partial charge in [-0.1, -0.05) is 35.7 Å². The van der Waals surface area contributed by atoms with E-state index in [4.69, 9.17) is 27.9 Å². The van der Waals surface area contributed by atoms with Gasteiger partial charge in [0.15, 0.2) is 6.61 Å². The van der Waals surface area contributed by atoms with Gasteiger partial charge in [0.2, 0.25) is 10.0 Å². The Kier molecular flexibility index (Phi) is 6.82. The molecule has 0 unspecified atom stereocenters. The highest BCUT2D eigenvalue weighted by atomic mass is 35.5. The number of ether oxygens (including phenoxy) is 1. The summed E-state index contributed by atoms with van der Waals surface area (Å²) in [5.41, 5.74) is 0.394. The summed E-state index contributed by atoms with van der Waals surface area (Å²) in [4.78, 5) is 12.3. The highest BCUT2D eigenvalue weighted by molar-refractivity contribution is 7.89. The number of anilines is 1. The van der Waals surface area contributed by atoms with Gasteiger partial charge in [-0.2, -0.15) is 4.31 Å². The number of sulfonamides is 1. The zero-order valence-electron chi connectivity index (χ0n) is 15.0. The van der Waals surface area contributed by atoms with Crippen molar-refractivity contribution in [2.75, 3.05) is 25.0 Å². The first kappa shape index (κ1) is 20.9. The van der Waals surface area contributed by atoms with Crippen molar-refractivity contribution < 1.29 is 17.9 Å². The van der Waals surface area contributed by atoms with Gasteiger partial charge in [-0.15, -0.1) is 0 Å². The fourth-order valence-electron chi connectivity index (χ4n) is 2.90. The van der Waals surface area contributed by atoms with Crippen LogP contribution in [0.25, 0.3) is 0 Å². The van der Waals surface area contributed by atoms with E-state index in [1.54, 1.807) is 18.2 Å². The van der Waals surface area contributed by atoms with Crippen LogP contribution < -0.4 is 10.1 Å². The lowest BCUT2D eigenvalue weighted by atomic mass is 10.2. The van der Waals surface area contributed by atoms with Gasteiger partial charge in [0.25, 0.3) is 5.91 Å². The van der Waals surface area contributed by atoms with Crippen LogP contribution in [0, 0.1) is 0 Å². The average molecular weight is 443 g/mol. The van der Waals surface area contributed by atoms with Gasteiger partial charge in [-0.05, 0) is 49.2 Å². The summed E-state index contributed by atoms with van der Waals surface area (Å²) in [6.45, 7) is 0.848. The van der Waals surface area contributed by atoms with Crippen molar-refractivity contribution in [2.45, 2.75) is 24.2 Å². The molecule has 0 aromatic heterocycles. The van der Waals surface area contributed by atoms with Crippen LogP contribution in [0.2, 0.25) is 10.0 Å². The molecule has 0 spiro atoms. The van der Waals surface area contributed by atoms with Gasteiger partial charge < -0.3 is 10.1 Å². The molecule has 6 nitrogen and oxygen atoms in total. The molecule has 1 saturated heterocycles. The fraction of sp³-hybridized carbons (Fsp3) is 0.316. The molecule has 2 aromatic rings. The molecule has 0 radical (unpaired) electrons. The Morgan fingerprint density at radius 3 is 2.39 bits per heavy atom. The van der Waals surface area contributed by atoms with Gasteiger partial charge in [0.1, 0.15) is 5.75 Å². The molecular weight excluding hydrogens is 423 g/mol. The number of hydrogen-bond acceptors (Lipinski definition) is 4. The molecule has 0 saturated carbocycles. The number of benzene rings is 2. The van der Waals surface area contributed by atoms with E-state index in [2.05, 4.69) is 5.32 Å². The highest BCUT2D eigenvalue weighted by Crippen LogP contribution is 2.29. The lowest BCUT2D eigenvalue weighted by Crippen LogP contribution is -2.35. The molecule has 1 aliphatic heterocycles. The monoisotopic (exact) mass is 442 g/mol. The Balaban J connectivity index is 1.58. The minimum atomic E-state index is -3.49. The summed E-state index contributed by atoms with van der Waals surface area (Å²) in [5.74, 6) is -0.0147. The van der Waals surface area contributed by atoms with E-state index in [1.165, 1.54) is 28.6 Å². The molecule has 1 amide bonds. The third kappa shape index (κ3) is 4.97. The predicted molar refractivity (Wildman–Crippen MR) is 110 cm³/mol. The molecule has 1 aliphatic rings. The SMILES string of the molecule is O=C(COc1ccc(S(=O)(=O)N2CCCCC2)cc1)Nc1cccc(Cl)c1Cl. The lowest BCUT2D eigenvalue weighted by Gasteiger charge is -2.25. The average Bonchev–Trinajstić information content (AvgIpc) is 2.71. The van der Waals surface area contributed by atoms with E-state index < -0.39 is 15.9 Å². The third-order valence-corrected chi connectivity index (χ3v) is 7.10. The van der Waals surface area contributed by atoms with Gasteiger partial charge in [-0.25, -0.2) is 8.42 Å². The molecular formula is C19H20Cl2N2O4S. The van der Waals surface area contributed by atoms with Crippen LogP contribution >= 0.6 is 23.2 Å². The number of halogens is 2. The van der Waals surface area contributed by atoms with Crippen molar-refractivity contribution in [3.8, 4) is 5.75 Å². The van der Waals surface area contributed by atoms with E-state index in [9.17, 15) is 13.2 Å². The van der Waals surface area contributed by atoms with Crippen molar-refractivity contribution in [3.05, 3.63) is 52.5 Å². The van der Waals surface area contributed by atoms with E-state index in [1.807, 2.05) is 0 Å².